The van der Waals surface area contributed by atoms with E-state index in [-0.39, 0.29) is 29.8 Å². The van der Waals surface area contributed by atoms with Crippen LogP contribution in [0.5, 0.6) is 23.5 Å². The molecule has 10 nitrogen and oxygen atoms in total. The Balaban J connectivity index is 1.22. The van der Waals surface area contributed by atoms with E-state index in [1.807, 2.05) is 12.1 Å². The molecule has 208 valence electrons. The molecule has 2 fully saturated rings. The van der Waals surface area contributed by atoms with E-state index in [1.165, 1.54) is 25.8 Å². The lowest BCUT2D eigenvalue weighted by Gasteiger charge is -2.48. The Morgan fingerprint density at radius 2 is 1.82 bits per heavy atom. The van der Waals surface area contributed by atoms with Gasteiger partial charge in [0.2, 0.25) is 23.6 Å². The summed E-state index contributed by atoms with van der Waals surface area (Å²) >= 11 is 0. The van der Waals surface area contributed by atoms with Gasteiger partial charge in [0.25, 0.3) is 5.95 Å². The third kappa shape index (κ3) is 5.89. The Bertz CT molecular complexity index is 1290. The smallest absolute Gasteiger partial charge is 0.290 e. The van der Waals surface area contributed by atoms with Gasteiger partial charge in [-0.05, 0) is 37.7 Å². The van der Waals surface area contributed by atoms with Crippen molar-refractivity contribution in [1.82, 2.24) is 14.9 Å². The second-order valence-corrected chi connectivity index (χ2v) is 15.7. The summed E-state index contributed by atoms with van der Waals surface area (Å²) in [5.74, 6) is 2.23. The average Bonchev–Trinajstić information content (AvgIpc) is 3.31. The quantitative estimate of drug-likeness (QED) is 0.356. The van der Waals surface area contributed by atoms with Crippen molar-refractivity contribution in [3.8, 4) is 23.5 Å². The molecule has 1 N–H and O–H groups in total. The van der Waals surface area contributed by atoms with Gasteiger partial charge < -0.3 is 28.8 Å². The summed E-state index contributed by atoms with van der Waals surface area (Å²) in [6.07, 6.45) is 1.26. The van der Waals surface area contributed by atoms with Crippen LogP contribution >= 0.6 is 0 Å². The Labute approximate surface area is 230 Å². The number of rotatable bonds is 11. The van der Waals surface area contributed by atoms with Crippen molar-refractivity contribution in [2.24, 2.45) is 0 Å². The molecule has 1 aromatic carbocycles. The van der Waals surface area contributed by atoms with Crippen LogP contribution in [0.2, 0.25) is 19.1 Å². The van der Waals surface area contributed by atoms with Crippen molar-refractivity contribution < 1.29 is 23.4 Å². The zero-order valence-corrected chi connectivity index (χ0v) is 24.3. The van der Waals surface area contributed by atoms with Gasteiger partial charge in [-0.1, -0.05) is 43.4 Å². The largest absolute Gasteiger partial charge is 0.479 e. The third-order valence-electron chi connectivity index (χ3n) is 7.72. The lowest BCUT2D eigenvalue weighted by Crippen LogP contribution is -2.63. The number of hydrogen-bond acceptors (Lipinski definition) is 9. The minimum atomic E-state index is -1.49. The Morgan fingerprint density at radius 1 is 1.10 bits per heavy atom. The summed E-state index contributed by atoms with van der Waals surface area (Å²) in [7, 11) is 1.53. The van der Waals surface area contributed by atoms with E-state index in [4.69, 9.17) is 18.6 Å². The maximum absolute atomic E-state index is 12.9. The highest BCUT2D eigenvalue weighted by atomic mass is 28.3. The van der Waals surface area contributed by atoms with E-state index in [9.17, 15) is 4.79 Å². The van der Waals surface area contributed by atoms with E-state index in [2.05, 4.69) is 57.2 Å². The van der Waals surface area contributed by atoms with Gasteiger partial charge in [-0.2, -0.15) is 9.97 Å². The monoisotopic (exact) mass is 551 g/mol. The number of nitrogens with one attached hydrogen (secondary N) is 1. The number of benzene rings is 1. The van der Waals surface area contributed by atoms with Crippen LogP contribution in [0, 0.1) is 0 Å². The molecule has 0 bridgehead atoms. The number of methoxy groups -OCH3 is 2. The van der Waals surface area contributed by atoms with Crippen LogP contribution < -0.4 is 29.6 Å². The van der Waals surface area contributed by atoms with Crippen LogP contribution in [-0.4, -0.2) is 75.3 Å². The normalized spacial score (nSPS) is 15.9. The van der Waals surface area contributed by atoms with Gasteiger partial charge in [0.1, 0.15) is 11.5 Å². The van der Waals surface area contributed by atoms with Crippen molar-refractivity contribution in [2.75, 3.05) is 50.6 Å². The predicted octanol–water partition coefficient (Wildman–Crippen LogP) is 3.89. The summed E-state index contributed by atoms with van der Waals surface area (Å²) in [5, 5.41) is 4.16. The molecule has 0 saturated carbocycles. The summed E-state index contributed by atoms with van der Waals surface area (Å²) in [4.78, 5) is 26.6. The van der Waals surface area contributed by atoms with Gasteiger partial charge >= 0.3 is 0 Å². The number of furan rings is 1. The van der Waals surface area contributed by atoms with Crippen LogP contribution in [0.15, 0.2) is 40.8 Å². The van der Waals surface area contributed by atoms with Crippen molar-refractivity contribution in [1.29, 1.82) is 0 Å². The second kappa shape index (κ2) is 11.3. The molecule has 39 heavy (non-hydrogen) atoms. The van der Waals surface area contributed by atoms with Gasteiger partial charge in [-0.3, -0.25) is 9.69 Å². The Morgan fingerprint density at radius 3 is 2.44 bits per heavy atom. The van der Waals surface area contributed by atoms with E-state index in [0.717, 1.165) is 38.0 Å². The average molecular weight is 552 g/mol. The molecule has 0 unspecified atom stereocenters. The highest BCUT2D eigenvalue weighted by Gasteiger charge is 2.36. The first-order valence-electron chi connectivity index (χ1n) is 13.5. The molecule has 0 atom stereocenters. The molecule has 11 heteroatoms. The van der Waals surface area contributed by atoms with Crippen LogP contribution in [0.25, 0.3) is 0 Å². The zero-order chi connectivity index (χ0) is 27.6. The van der Waals surface area contributed by atoms with E-state index in [1.54, 1.807) is 12.1 Å². The molecule has 0 aliphatic carbocycles. The van der Waals surface area contributed by atoms with Gasteiger partial charge in [-0.25, -0.2) is 0 Å². The van der Waals surface area contributed by atoms with Gasteiger partial charge in [0.15, 0.2) is 5.69 Å². The molecule has 2 saturated heterocycles. The van der Waals surface area contributed by atoms with E-state index >= 15 is 0 Å². The molecule has 0 radical (unpaired) electrons. The molecule has 2 aromatic heterocycles. The minimum Gasteiger partial charge on any atom is -0.479 e. The molecule has 4 heterocycles. The highest BCUT2D eigenvalue weighted by Crippen LogP contribution is 2.35. The Hall–Kier alpha value is -3.57. The number of likely N-dealkylation sites (tertiary alicyclic amines) is 1. The first-order chi connectivity index (χ1) is 18.8. The SMILES string of the molecule is CC[Si](C)(C)c1cccc(Oc2ccc(CC(=O)Nc3c(OC)nc(N4CC(N5CCC5)C4)nc3OC)o2)c1. The highest BCUT2D eigenvalue weighted by molar-refractivity contribution is 6.89. The second-order valence-electron chi connectivity index (χ2n) is 10.7. The number of amides is 1. The predicted molar refractivity (Wildman–Crippen MR) is 152 cm³/mol. The maximum atomic E-state index is 12.9. The topological polar surface area (TPSA) is 102 Å². The lowest BCUT2D eigenvalue weighted by molar-refractivity contribution is -0.115. The standard InChI is InChI=1S/C28H37N5O5Si/c1-6-39(4,5)22-10-7-9-20(15-22)37-24-12-11-21(38-24)16-23(34)29-25-26(35-2)30-28(31-27(25)36-3)33-17-19(18-33)32-13-8-14-32/h7,9-12,15,19H,6,8,13-14,16-18H2,1-5H3,(H,29,34). The summed E-state index contributed by atoms with van der Waals surface area (Å²) < 4.78 is 22.7. The van der Waals surface area contributed by atoms with E-state index < -0.39 is 8.07 Å². The number of ether oxygens (including phenoxy) is 3. The first-order valence-corrected chi connectivity index (χ1v) is 16.7. The number of carbonyl (C=O) groups is 1. The van der Waals surface area contributed by atoms with Crippen LogP contribution in [0.1, 0.15) is 19.1 Å². The Kier molecular flexibility index (Phi) is 7.80. The third-order valence-corrected chi connectivity index (χ3v) is 11.4. The fourth-order valence-corrected chi connectivity index (χ4v) is 6.15. The van der Waals surface area contributed by atoms with Gasteiger partial charge in [0.05, 0.1) is 28.7 Å². The molecule has 5 rings (SSSR count). The molecule has 2 aliphatic rings. The number of nitrogens with zero attached hydrogens (tertiary/aromatic N) is 4. The molecular formula is C28H37N5O5Si. The summed E-state index contributed by atoms with van der Waals surface area (Å²) in [6, 6.07) is 13.3. The van der Waals surface area contributed by atoms with E-state index in [0.29, 0.717) is 23.7 Å². The molecule has 2 aliphatic heterocycles. The molecule has 0 spiro atoms. The van der Waals surface area contributed by atoms with Crippen molar-refractivity contribution in [3.05, 3.63) is 42.2 Å². The van der Waals surface area contributed by atoms with Crippen molar-refractivity contribution in [3.63, 3.8) is 0 Å². The lowest BCUT2D eigenvalue weighted by atomic mass is 10.0. The first kappa shape index (κ1) is 27.0. The maximum Gasteiger partial charge on any atom is 0.290 e. The molecule has 1 amide bonds. The number of anilines is 2. The van der Waals surface area contributed by atoms with Gasteiger partial charge in [-0.15, -0.1) is 0 Å². The number of hydrogen-bond donors (Lipinski definition) is 1. The molecule has 3 aromatic rings. The van der Waals surface area contributed by atoms with Crippen molar-refractivity contribution >= 4 is 30.8 Å². The fraction of sp³-hybridized carbons (Fsp3) is 0.464. The van der Waals surface area contributed by atoms with Crippen LogP contribution in [0.4, 0.5) is 11.6 Å². The minimum absolute atomic E-state index is 0.00310. The van der Waals surface area contributed by atoms with Gasteiger partial charge in [0, 0.05) is 25.2 Å². The number of carbonyl (C=O) groups excluding carboxylic acids is 1. The fourth-order valence-electron chi connectivity index (χ4n) is 4.66. The number of aromatic nitrogens is 2. The zero-order valence-electron chi connectivity index (χ0n) is 23.3. The van der Waals surface area contributed by atoms with Crippen LogP contribution in [-0.2, 0) is 11.2 Å². The van der Waals surface area contributed by atoms with Crippen molar-refractivity contribution in [2.45, 2.75) is 44.9 Å². The molecular weight excluding hydrogens is 514 g/mol. The summed E-state index contributed by atoms with van der Waals surface area (Å²) in [5.41, 5.74) is 0.288. The van der Waals surface area contributed by atoms with Crippen LogP contribution in [0.3, 0.4) is 0 Å². The summed E-state index contributed by atoms with van der Waals surface area (Å²) in [6.45, 7) is 11.0.